The summed E-state index contributed by atoms with van der Waals surface area (Å²) < 4.78 is 0. The monoisotopic (exact) mass is 295 g/mol. The fourth-order valence-electron chi connectivity index (χ4n) is 2.89. The Labute approximate surface area is 130 Å². The van der Waals surface area contributed by atoms with Crippen molar-refractivity contribution in [1.29, 1.82) is 0 Å². The molecule has 3 rings (SSSR count). The van der Waals surface area contributed by atoms with E-state index in [0.29, 0.717) is 0 Å². The fraction of sp³-hybridized carbons (Fsp3) is 0.211. The molecule has 106 valence electrons. The topological polar surface area (TPSA) is 12.9 Å². The number of rotatable bonds is 3. The molecule has 0 radical (unpaired) electrons. The highest BCUT2D eigenvalue weighted by molar-refractivity contribution is 6.31. The molecular weight excluding hydrogens is 278 g/mol. The molecule has 0 saturated heterocycles. The van der Waals surface area contributed by atoms with E-state index in [1.54, 1.807) is 0 Å². The Kier molecular flexibility index (Phi) is 3.94. The average Bonchev–Trinajstić information content (AvgIpc) is 2.50. The van der Waals surface area contributed by atoms with Crippen molar-refractivity contribution in [2.75, 3.05) is 0 Å². The highest BCUT2D eigenvalue weighted by Gasteiger charge is 2.14. The van der Waals surface area contributed by atoms with Gasteiger partial charge in [-0.3, -0.25) is 4.98 Å². The van der Waals surface area contributed by atoms with E-state index >= 15 is 0 Å². The van der Waals surface area contributed by atoms with Crippen LogP contribution in [0.15, 0.2) is 48.5 Å². The molecule has 0 atom stereocenters. The number of pyridine rings is 1. The summed E-state index contributed by atoms with van der Waals surface area (Å²) in [7, 11) is 0. The first-order chi connectivity index (χ1) is 10.2. The van der Waals surface area contributed by atoms with E-state index in [1.807, 2.05) is 24.3 Å². The number of fused-ring (bicyclic) bond motifs is 1. The molecular formula is C19H18ClN. The zero-order chi connectivity index (χ0) is 14.8. The van der Waals surface area contributed by atoms with Gasteiger partial charge in [0.15, 0.2) is 0 Å². The van der Waals surface area contributed by atoms with Crippen LogP contribution >= 0.6 is 11.6 Å². The molecule has 0 saturated carbocycles. The van der Waals surface area contributed by atoms with Crippen molar-refractivity contribution in [2.24, 2.45) is 0 Å². The molecule has 1 heterocycles. The Morgan fingerprint density at radius 2 is 1.81 bits per heavy atom. The highest BCUT2D eigenvalue weighted by atomic mass is 35.5. The van der Waals surface area contributed by atoms with Gasteiger partial charge in [0.25, 0.3) is 0 Å². The van der Waals surface area contributed by atoms with E-state index in [2.05, 4.69) is 38.1 Å². The van der Waals surface area contributed by atoms with Crippen LogP contribution in [-0.2, 0) is 6.42 Å². The first-order valence-electron chi connectivity index (χ1n) is 7.35. The van der Waals surface area contributed by atoms with E-state index in [1.165, 1.54) is 16.7 Å². The molecule has 2 aromatic carbocycles. The summed E-state index contributed by atoms with van der Waals surface area (Å²) in [6, 6.07) is 16.5. The summed E-state index contributed by atoms with van der Waals surface area (Å²) >= 11 is 6.22. The van der Waals surface area contributed by atoms with Gasteiger partial charge in [-0.25, -0.2) is 0 Å². The lowest BCUT2D eigenvalue weighted by Crippen LogP contribution is -1.99. The summed E-state index contributed by atoms with van der Waals surface area (Å²) in [5.74, 6) is 0. The first kappa shape index (κ1) is 14.1. The molecule has 0 amide bonds. The zero-order valence-electron chi connectivity index (χ0n) is 12.4. The summed E-state index contributed by atoms with van der Waals surface area (Å²) in [6.45, 7) is 4.31. The van der Waals surface area contributed by atoms with E-state index in [-0.39, 0.29) is 0 Å². The normalized spacial score (nSPS) is 11.0. The van der Waals surface area contributed by atoms with Gasteiger partial charge in [-0.05, 0) is 48.2 Å². The smallest absolute Gasteiger partial charge is 0.0712 e. The van der Waals surface area contributed by atoms with Gasteiger partial charge in [-0.1, -0.05) is 55.3 Å². The molecule has 1 nitrogen and oxygen atoms in total. The lowest BCUT2D eigenvalue weighted by atomic mass is 9.92. The van der Waals surface area contributed by atoms with Gasteiger partial charge < -0.3 is 0 Å². The lowest BCUT2D eigenvalue weighted by Gasteiger charge is -2.15. The van der Waals surface area contributed by atoms with E-state index in [9.17, 15) is 0 Å². The van der Waals surface area contributed by atoms with Crippen molar-refractivity contribution >= 4 is 22.5 Å². The maximum atomic E-state index is 6.22. The van der Waals surface area contributed by atoms with Crippen molar-refractivity contribution < 1.29 is 0 Å². The number of aromatic nitrogens is 1. The predicted octanol–water partition coefficient (Wildman–Crippen LogP) is 5.82. The third kappa shape index (κ3) is 2.66. The quantitative estimate of drug-likeness (QED) is 0.593. The molecule has 3 aromatic rings. The second-order valence-corrected chi connectivity index (χ2v) is 5.76. The van der Waals surface area contributed by atoms with Crippen molar-refractivity contribution in [3.8, 4) is 11.1 Å². The van der Waals surface area contributed by atoms with Gasteiger partial charge in [-0.15, -0.1) is 0 Å². The maximum absolute atomic E-state index is 6.22. The van der Waals surface area contributed by atoms with Gasteiger partial charge in [0.2, 0.25) is 0 Å². The van der Waals surface area contributed by atoms with Gasteiger partial charge in [0.05, 0.1) is 5.52 Å². The summed E-state index contributed by atoms with van der Waals surface area (Å²) in [5, 5.41) is 1.90. The van der Waals surface area contributed by atoms with Crippen molar-refractivity contribution in [3.63, 3.8) is 0 Å². The number of nitrogens with zero attached hydrogens (tertiary/aromatic N) is 1. The van der Waals surface area contributed by atoms with Crippen LogP contribution < -0.4 is 0 Å². The highest BCUT2D eigenvalue weighted by Crippen LogP contribution is 2.34. The van der Waals surface area contributed by atoms with Crippen LogP contribution in [0.2, 0.25) is 5.02 Å². The zero-order valence-corrected chi connectivity index (χ0v) is 13.1. The van der Waals surface area contributed by atoms with Crippen LogP contribution in [0.25, 0.3) is 22.0 Å². The number of halogens is 1. The van der Waals surface area contributed by atoms with Crippen molar-refractivity contribution in [3.05, 3.63) is 64.8 Å². The summed E-state index contributed by atoms with van der Waals surface area (Å²) in [6.07, 6.45) is 2.14. The molecule has 0 fully saturated rings. The minimum absolute atomic E-state index is 0.757. The number of hydrogen-bond donors (Lipinski definition) is 0. The lowest BCUT2D eigenvalue weighted by molar-refractivity contribution is 0.906. The molecule has 1 aromatic heterocycles. The Morgan fingerprint density at radius 1 is 1.05 bits per heavy atom. The van der Waals surface area contributed by atoms with Crippen LogP contribution in [0.3, 0.4) is 0 Å². The number of aryl methyl sites for hydroxylation is 1. The van der Waals surface area contributed by atoms with E-state index < -0.39 is 0 Å². The van der Waals surface area contributed by atoms with Crippen LogP contribution in [0.5, 0.6) is 0 Å². The molecule has 0 unspecified atom stereocenters. The molecule has 2 heteroatoms. The van der Waals surface area contributed by atoms with Crippen molar-refractivity contribution in [2.45, 2.75) is 26.7 Å². The first-order valence-corrected chi connectivity index (χ1v) is 7.72. The Hall–Kier alpha value is -1.86. The van der Waals surface area contributed by atoms with Gasteiger partial charge in [0, 0.05) is 16.1 Å². The second kappa shape index (κ2) is 5.87. The largest absolute Gasteiger partial charge is 0.253 e. The number of hydrogen-bond acceptors (Lipinski definition) is 1. The SMILES string of the molecule is CCCc1c(C)nc2ccc(Cl)cc2c1-c1ccccc1. The Morgan fingerprint density at radius 3 is 2.52 bits per heavy atom. The van der Waals surface area contributed by atoms with Gasteiger partial charge >= 0.3 is 0 Å². The van der Waals surface area contributed by atoms with Crippen LogP contribution in [0.4, 0.5) is 0 Å². The molecule has 0 N–H and O–H groups in total. The van der Waals surface area contributed by atoms with Gasteiger partial charge in [0.1, 0.15) is 0 Å². The van der Waals surface area contributed by atoms with Crippen LogP contribution in [0.1, 0.15) is 24.6 Å². The molecule has 0 aliphatic heterocycles. The fourth-order valence-corrected chi connectivity index (χ4v) is 3.06. The molecule has 0 bridgehead atoms. The second-order valence-electron chi connectivity index (χ2n) is 5.33. The Bertz CT molecular complexity index is 778. The standard InChI is InChI=1S/C19H18ClN/c1-3-7-16-13(2)21-18-11-10-15(20)12-17(18)19(16)14-8-5-4-6-9-14/h4-6,8-12H,3,7H2,1-2H3. The maximum Gasteiger partial charge on any atom is 0.0712 e. The predicted molar refractivity (Wildman–Crippen MR) is 90.9 cm³/mol. The minimum atomic E-state index is 0.757. The summed E-state index contributed by atoms with van der Waals surface area (Å²) in [5.41, 5.74) is 5.97. The molecule has 21 heavy (non-hydrogen) atoms. The van der Waals surface area contributed by atoms with Crippen LogP contribution in [-0.4, -0.2) is 4.98 Å². The van der Waals surface area contributed by atoms with Crippen LogP contribution in [0, 0.1) is 6.92 Å². The third-order valence-electron chi connectivity index (χ3n) is 3.82. The minimum Gasteiger partial charge on any atom is -0.253 e. The van der Waals surface area contributed by atoms with Crippen molar-refractivity contribution in [1.82, 2.24) is 4.98 Å². The third-order valence-corrected chi connectivity index (χ3v) is 4.05. The molecule has 0 spiro atoms. The van der Waals surface area contributed by atoms with Gasteiger partial charge in [-0.2, -0.15) is 0 Å². The average molecular weight is 296 g/mol. The summed E-state index contributed by atoms with van der Waals surface area (Å²) in [4.78, 5) is 4.76. The van der Waals surface area contributed by atoms with E-state index in [4.69, 9.17) is 16.6 Å². The number of benzene rings is 2. The van der Waals surface area contributed by atoms with E-state index in [0.717, 1.165) is 34.5 Å². The molecule has 0 aliphatic rings. The Balaban J connectivity index is 2.41. The molecule has 0 aliphatic carbocycles.